The van der Waals surface area contributed by atoms with Crippen molar-refractivity contribution in [2.45, 2.75) is 32.7 Å². The number of nitrogens with zero attached hydrogens (tertiary/aromatic N) is 6. The van der Waals surface area contributed by atoms with Gasteiger partial charge in [-0.25, -0.2) is 19.3 Å². The number of pyridine rings is 1. The molecule has 4 rings (SSSR count). The number of imidazole rings is 1. The van der Waals surface area contributed by atoms with Gasteiger partial charge in [0.05, 0.1) is 43.5 Å². The molecule has 0 spiro atoms. The van der Waals surface area contributed by atoms with Crippen LogP contribution in [0.15, 0.2) is 43.1 Å². The van der Waals surface area contributed by atoms with Crippen molar-refractivity contribution in [3.05, 3.63) is 66.0 Å². The minimum atomic E-state index is -0.437. The zero-order chi connectivity index (χ0) is 17.9. The van der Waals surface area contributed by atoms with Gasteiger partial charge in [0.15, 0.2) is 5.82 Å². The molecule has 3 aromatic heterocycles. The highest BCUT2D eigenvalue weighted by atomic mass is 19.1. The second-order valence-corrected chi connectivity index (χ2v) is 6.18. The van der Waals surface area contributed by atoms with E-state index in [2.05, 4.69) is 24.5 Å². The number of hydrogen-bond acceptors (Lipinski definition) is 6. The average molecular weight is 354 g/mol. The van der Waals surface area contributed by atoms with Gasteiger partial charge in [-0.2, -0.15) is 0 Å². The smallest absolute Gasteiger partial charge is 0.226 e. The van der Waals surface area contributed by atoms with Crippen LogP contribution in [-0.2, 0) is 24.5 Å². The van der Waals surface area contributed by atoms with Gasteiger partial charge < -0.3 is 14.2 Å². The Bertz CT molecular complexity index is 867. The Morgan fingerprint density at radius 3 is 2.62 bits per heavy atom. The van der Waals surface area contributed by atoms with Gasteiger partial charge in [-0.1, -0.05) is 0 Å². The minimum Gasteiger partial charge on any atom is -0.370 e. The van der Waals surface area contributed by atoms with E-state index < -0.39 is 5.82 Å². The topological polar surface area (TPSA) is 69.0 Å². The van der Waals surface area contributed by atoms with Crippen molar-refractivity contribution in [1.82, 2.24) is 24.5 Å². The summed E-state index contributed by atoms with van der Waals surface area (Å²) in [7, 11) is 0. The molecule has 4 heterocycles. The van der Waals surface area contributed by atoms with E-state index in [1.807, 2.05) is 30.2 Å². The third-order valence-electron chi connectivity index (χ3n) is 4.51. The van der Waals surface area contributed by atoms with Crippen molar-refractivity contribution in [1.29, 1.82) is 0 Å². The van der Waals surface area contributed by atoms with E-state index in [4.69, 9.17) is 4.74 Å². The summed E-state index contributed by atoms with van der Waals surface area (Å²) >= 11 is 0. The minimum absolute atomic E-state index is 0.00292. The Balaban J connectivity index is 1.44. The van der Waals surface area contributed by atoms with E-state index in [0.29, 0.717) is 19.2 Å². The van der Waals surface area contributed by atoms with E-state index in [1.165, 1.54) is 12.4 Å². The maximum atomic E-state index is 13.1. The van der Waals surface area contributed by atoms with Crippen LogP contribution in [0.25, 0.3) is 0 Å². The summed E-state index contributed by atoms with van der Waals surface area (Å²) in [6, 6.07) is 3.88. The summed E-state index contributed by atoms with van der Waals surface area (Å²) in [4.78, 5) is 18.8. The number of rotatable bonds is 5. The third kappa shape index (κ3) is 3.28. The van der Waals surface area contributed by atoms with Crippen LogP contribution in [0.1, 0.15) is 30.0 Å². The lowest BCUT2D eigenvalue weighted by Gasteiger charge is -2.34. The fourth-order valence-electron chi connectivity index (χ4n) is 3.15. The molecule has 8 heteroatoms. The number of anilines is 1. The zero-order valence-electron chi connectivity index (χ0n) is 14.4. The normalized spacial score (nSPS) is 16.5. The van der Waals surface area contributed by atoms with Gasteiger partial charge in [0.25, 0.3) is 0 Å². The first-order chi connectivity index (χ1) is 12.7. The van der Waals surface area contributed by atoms with Crippen LogP contribution in [0.3, 0.4) is 0 Å². The molecule has 1 aliphatic rings. The molecule has 0 fully saturated rings. The molecule has 0 aliphatic carbocycles. The Morgan fingerprint density at radius 2 is 1.85 bits per heavy atom. The molecule has 0 N–H and O–H groups in total. The molecule has 0 saturated carbocycles. The molecule has 26 heavy (non-hydrogen) atoms. The van der Waals surface area contributed by atoms with Gasteiger partial charge >= 0.3 is 0 Å². The molecule has 0 radical (unpaired) electrons. The third-order valence-corrected chi connectivity index (χ3v) is 4.51. The quantitative estimate of drug-likeness (QED) is 0.701. The Labute approximate surface area is 150 Å². The highest BCUT2D eigenvalue weighted by Gasteiger charge is 2.28. The lowest BCUT2D eigenvalue weighted by atomic mass is 10.2. The average Bonchev–Trinajstić information content (AvgIpc) is 3.08. The van der Waals surface area contributed by atoms with Crippen LogP contribution in [0.5, 0.6) is 0 Å². The molecule has 1 unspecified atom stereocenters. The van der Waals surface area contributed by atoms with E-state index in [-0.39, 0.29) is 6.04 Å². The summed E-state index contributed by atoms with van der Waals surface area (Å²) in [6.07, 6.45) is 7.75. The first-order valence-corrected chi connectivity index (χ1v) is 8.47. The van der Waals surface area contributed by atoms with Crippen LogP contribution in [-0.4, -0.2) is 31.0 Å². The highest BCUT2D eigenvalue weighted by molar-refractivity contribution is 5.34. The fourth-order valence-corrected chi connectivity index (χ4v) is 3.15. The maximum Gasteiger partial charge on any atom is 0.226 e. The van der Waals surface area contributed by atoms with Gasteiger partial charge in [0.1, 0.15) is 5.82 Å². The largest absolute Gasteiger partial charge is 0.370 e. The second-order valence-electron chi connectivity index (χ2n) is 6.18. The molecule has 7 nitrogen and oxygen atoms in total. The standard InChI is InChI=1S/C18H19FN6O/c1-13-17-21-10-16(12-26-11-14-2-4-20-5-3-14)25(17)7-6-24(13)18-22-8-15(19)9-23-18/h2-5,8-10,13H,6-7,11-12H2,1H3. The van der Waals surface area contributed by atoms with Crippen LogP contribution >= 0.6 is 0 Å². The molecular formula is C18H19FN6O. The van der Waals surface area contributed by atoms with Crippen molar-refractivity contribution in [2.75, 3.05) is 11.4 Å². The first kappa shape index (κ1) is 16.6. The Morgan fingerprint density at radius 1 is 1.08 bits per heavy atom. The van der Waals surface area contributed by atoms with Gasteiger partial charge in [-0.05, 0) is 24.6 Å². The van der Waals surface area contributed by atoms with Crippen LogP contribution in [0, 0.1) is 5.82 Å². The molecule has 134 valence electrons. The van der Waals surface area contributed by atoms with E-state index in [1.54, 1.807) is 12.4 Å². The summed E-state index contributed by atoms with van der Waals surface area (Å²) in [5.41, 5.74) is 2.13. The molecule has 3 aromatic rings. The molecule has 0 bridgehead atoms. The summed E-state index contributed by atoms with van der Waals surface area (Å²) in [6.45, 7) is 4.57. The van der Waals surface area contributed by atoms with Crippen LogP contribution < -0.4 is 4.90 Å². The van der Waals surface area contributed by atoms with Crippen molar-refractivity contribution in [3.8, 4) is 0 Å². The first-order valence-electron chi connectivity index (χ1n) is 8.47. The number of halogens is 1. The monoisotopic (exact) mass is 354 g/mol. The van der Waals surface area contributed by atoms with E-state index in [0.717, 1.165) is 30.2 Å². The van der Waals surface area contributed by atoms with Crippen molar-refractivity contribution < 1.29 is 9.13 Å². The van der Waals surface area contributed by atoms with Crippen molar-refractivity contribution >= 4 is 5.95 Å². The van der Waals surface area contributed by atoms with Gasteiger partial charge in [0, 0.05) is 25.5 Å². The fraction of sp³-hybridized carbons (Fsp3) is 0.333. The Hall–Kier alpha value is -2.87. The number of aromatic nitrogens is 5. The lowest BCUT2D eigenvalue weighted by Crippen LogP contribution is -2.38. The maximum absolute atomic E-state index is 13.1. The molecule has 1 atom stereocenters. The predicted molar refractivity (Wildman–Crippen MR) is 92.7 cm³/mol. The van der Waals surface area contributed by atoms with E-state index >= 15 is 0 Å². The Kier molecular flexibility index (Phi) is 4.57. The molecule has 0 saturated heterocycles. The molecule has 0 amide bonds. The van der Waals surface area contributed by atoms with Gasteiger partial charge in [-0.15, -0.1) is 0 Å². The molecule has 1 aliphatic heterocycles. The lowest BCUT2D eigenvalue weighted by molar-refractivity contribution is 0.101. The summed E-state index contributed by atoms with van der Waals surface area (Å²) < 4.78 is 21.1. The van der Waals surface area contributed by atoms with Gasteiger partial charge in [-0.3, -0.25) is 4.98 Å². The molecule has 0 aromatic carbocycles. The van der Waals surface area contributed by atoms with Crippen molar-refractivity contribution in [2.24, 2.45) is 0 Å². The summed E-state index contributed by atoms with van der Waals surface area (Å²) in [5, 5.41) is 0. The highest BCUT2D eigenvalue weighted by Crippen LogP contribution is 2.28. The van der Waals surface area contributed by atoms with Crippen molar-refractivity contribution in [3.63, 3.8) is 0 Å². The predicted octanol–water partition coefficient (Wildman–Crippen LogP) is 2.51. The SMILES string of the molecule is CC1c2ncc(COCc3ccncc3)n2CCN1c1ncc(F)cn1. The zero-order valence-corrected chi connectivity index (χ0v) is 14.4. The second kappa shape index (κ2) is 7.17. The van der Waals surface area contributed by atoms with E-state index in [9.17, 15) is 4.39 Å². The number of hydrogen-bond donors (Lipinski definition) is 0. The van der Waals surface area contributed by atoms with Crippen LogP contribution in [0.4, 0.5) is 10.3 Å². The van der Waals surface area contributed by atoms with Crippen LogP contribution in [0.2, 0.25) is 0 Å². The number of fused-ring (bicyclic) bond motifs is 1. The summed E-state index contributed by atoms with van der Waals surface area (Å²) in [5.74, 6) is 1.02. The number of ether oxygens (including phenoxy) is 1. The van der Waals surface area contributed by atoms with Gasteiger partial charge in [0.2, 0.25) is 5.95 Å². The molecular weight excluding hydrogens is 335 g/mol.